The van der Waals surface area contributed by atoms with Crippen LogP contribution in [0.1, 0.15) is 52.9 Å². The molecule has 0 aromatic rings. The van der Waals surface area contributed by atoms with E-state index >= 15 is 0 Å². The molecule has 4 amide bonds. The van der Waals surface area contributed by atoms with E-state index in [4.69, 9.17) is 5.11 Å². The number of nitrogens with zero attached hydrogens (tertiary/aromatic N) is 1. The fourth-order valence-electron chi connectivity index (χ4n) is 3.02. The van der Waals surface area contributed by atoms with Gasteiger partial charge in [0.05, 0.1) is 0 Å². The van der Waals surface area contributed by atoms with Gasteiger partial charge in [0, 0.05) is 25.9 Å². The number of likely N-dealkylation sites (tertiary alicyclic amines) is 1. The van der Waals surface area contributed by atoms with E-state index in [0.717, 1.165) is 6.42 Å². The number of aliphatic carboxylic acids is 1. The summed E-state index contributed by atoms with van der Waals surface area (Å²) in [5.74, 6) is -2.49. The number of carboxylic acid groups (broad SMARTS) is 1. The molecule has 3 atom stereocenters. The van der Waals surface area contributed by atoms with Gasteiger partial charge in [-0.15, -0.1) is 0 Å². The molecule has 0 aromatic carbocycles. The van der Waals surface area contributed by atoms with Crippen molar-refractivity contribution >= 4 is 29.6 Å². The predicted molar refractivity (Wildman–Crippen MR) is 100 cm³/mol. The highest BCUT2D eigenvalue weighted by Crippen LogP contribution is 2.18. The molecule has 0 saturated carbocycles. The van der Waals surface area contributed by atoms with Gasteiger partial charge in [0.1, 0.15) is 18.1 Å². The van der Waals surface area contributed by atoms with E-state index in [9.17, 15) is 24.0 Å². The Balaban J connectivity index is 2.51. The van der Waals surface area contributed by atoms with Gasteiger partial charge in [-0.2, -0.15) is 0 Å². The molecule has 0 radical (unpaired) electrons. The standard InChI is InChI=1S/C18H30N4O6/c1-4-19-17(27)13-7-6-10-22(13)18(28)12(3)21-16(26)11(2)20-14(23)8-5-9-15(24)25/h11-13H,4-10H2,1-3H3,(H,19,27)(H,20,23)(H,21,26)(H,24,25)/t11-,12-,13-/m0/s1. The number of carbonyl (C=O) groups excluding carboxylic acids is 4. The highest BCUT2D eigenvalue weighted by Gasteiger charge is 2.36. The van der Waals surface area contributed by atoms with Crippen LogP contribution in [0.5, 0.6) is 0 Å². The van der Waals surface area contributed by atoms with Gasteiger partial charge >= 0.3 is 5.97 Å². The second-order valence-corrected chi connectivity index (χ2v) is 6.85. The van der Waals surface area contributed by atoms with Crippen LogP contribution in [0, 0.1) is 0 Å². The lowest BCUT2D eigenvalue weighted by molar-refractivity contribution is -0.141. The number of nitrogens with one attached hydrogen (secondary N) is 3. The van der Waals surface area contributed by atoms with Crippen molar-refractivity contribution in [1.82, 2.24) is 20.9 Å². The van der Waals surface area contributed by atoms with Crippen molar-refractivity contribution in [1.29, 1.82) is 0 Å². The third kappa shape index (κ3) is 7.16. The van der Waals surface area contributed by atoms with E-state index in [1.54, 1.807) is 6.92 Å². The molecule has 1 rings (SSSR count). The van der Waals surface area contributed by atoms with Gasteiger partial charge in [0.2, 0.25) is 23.6 Å². The minimum Gasteiger partial charge on any atom is -0.481 e. The van der Waals surface area contributed by atoms with Crippen molar-refractivity contribution in [2.75, 3.05) is 13.1 Å². The van der Waals surface area contributed by atoms with Crippen LogP contribution in [0.4, 0.5) is 0 Å². The van der Waals surface area contributed by atoms with Crippen LogP contribution >= 0.6 is 0 Å². The Morgan fingerprint density at radius 2 is 1.75 bits per heavy atom. The first-order chi connectivity index (χ1) is 13.2. The number of hydrogen-bond acceptors (Lipinski definition) is 5. The van der Waals surface area contributed by atoms with Gasteiger partial charge in [-0.05, 0) is 40.0 Å². The fraction of sp³-hybridized carbons (Fsp3) is 0.722. The molecule has 158 valence electrons. The first-order valence-electron chi connectivity index (χ1n) is 9.57. The summed E-state index contributed by atoms with van der Waals surface area (Å²) >= 11 is 0. The molecule has 0 bridgehead atoms. The Hall–Kier alpha value is -2.65. The summed E-state index contributed by atoms with van der Waals surface area (Å²) in [6.07, 6.45) is 1.36. The van der Waals surface area contributed by atoms with Gasteiger partial charge in [-0.1, -0.05) is 0 Å². The minimum atomic E-state index is -0.987. The first kappa shape index (κ1) is 23.4. The smallest absolute Gasteiger partial charge is 0.303 e. The zero-order valence-corrected chi connectivity index (χ0v) is 16.6. The Bertz CT molecular complexity index is 609. The maximum Gasteiger partial charge on any atom is 0.303 e. The van der Waals surface area contributed by atoms with Crippen LogP contribution in [-0.4, -0.2) is 70.8 Å². The topological polar surface area (TPSA) is 145 Å². The van der Waals surface area contributed by atoms with Crippen molar-refractivity contribution in [2.24, 2.45) is 0 Å². The van der Waals surface area contributed by atoms with Crippen molar-refractivity contribution in [3.63, 3.8) is 0 Å². The fourth-order valence-corrected chi connectivity index (χ4v) is 3.02. The van der Waals surface area contributed by atoms with Crippen molar-refractivity contribution in [3.8, 4) is 0 Å². The van der Waals surface area contributed by atoms with Crippen LogP contribution in [0.25, 0.3) is 0 Å². The zero-order valence-electron chi connectivity index (χ0n) is 16.6. The molecule has 1 aliphatic heterocycles. The van der Waals surface area contributed by atoms with E-state index in [1.807, 2.05) is 0 Å². The monoisotopic (exact) mass is 398 g/mol. The molecule has 1 fully saturated rings. The quantitative estimate of drug-likeness (QED) is 0.386. The van der Waals surface area contributed by atoms with E-state index in [0.29, 0.717) is 19.5 Å². The minimum absolute atomic E-state index is 0.000399. The molecule has 4 N–H and O–H groups in total. The number of hydrogen-bond donors (Lipinski definition) is 4. The molecule has 10 nitrogen and oxygen atoms in total. The van der Waals surface area contributed by atoms with Gasteiger partial charge in [-0.25, -0.2) is 0 Å². The average Bonchev–Trinajstić information content (AvgIpc) is 3.10. The number of rotatable bonds is 10. The van der Waals surface area contributed by atoms with Gasteiger partial charge in [0.25, 0.3) is 0 Å². The van der Waals surface area contributed by atoms with Gasteiger partial charge in [0.15, 0.2) is 0 Å². The van der Waals surface area contributed by atoms with Crippen LogP contribution in [-0.2, 0) is 24.0 Å². The SMILES string of the molecule is CCNC(=O)[C@@H]1CCCN1C(=O)[C@H](C)NC(=O)[C@H](C)NC(=O)CCCC(=O)O. The Kier molecular flexibility index (Phi) is 9.40. The Morgan fingerprint density at radius 3 is 2.36 bits per heavy atom. The lowest BCUT2D eigenvalue weighted by atomic mass is 10.1. The molecule has 0 aromatic heterocycles. The largest absolute Gasteiger partial charge is 0.481 e. The lowest BCUT2D eigenvalue weighted by Gasteiger charge is -2.27. The summed E-state index contributed by atoms with van der Waals surface area (Å²) in [6.45, 7) is 5.76. The highest BCUT2D eigenvalue weighted by atomic mass is 16.4. The van der Waals surface area contributed by atoms with Gasteiger partial charge < -0.3 is 26.0 Å². The highest BCUT2D eigenvalue weighted by molar-refractivity contribution is 5.94. The third-order valence-corrected chi connectivity index (χ3v) is 4.48. The summed E-state index contributed by atoms with van der Waals surface area (Å²) in [5.41, 5.74) is 0. The Morgan fingerprint density at radius 1 is 1.07 bits per heavy atom. The molecule has 0 spiro atoms. The van der Waals surface area contributed by atoms with Crippen LogP contribution in [0.15, 0.2) is 0 Å². The zero-order chi connectivity index (χ0) is 21.3. The summed E-state index contributed by atoms with van der Waals surface area (Å²) < 4.78 is 0. The molecule has 1 saturated heterocycles. The molecule has 28 heavy (non-hydrogen) atoms. The Labute approximate surface area is 164 Å². The maximum atomic E-state index is 12.6. The van der Waals surface area contributed by atoms with Crippen LogP contribution < -0.4 is 16.0 Å². The summed E-state index contributed by atoms with van der Waals surface area (Å²) in [5, 5.41) is 16.3. The molecule has 0 unspecified atom stereocenters. The molecule has 1 aliphatic rings. The first-order valence-corrected chi connectivity index (χ1v) is 9.57. The second-order valence-electron chi connectivity index (χ2n) is 6.85. The van der Waals surface area contributed by atoms with E-state index in [2.05, 4.69) is 16.0 Å². The van der Waals surface area contributed by atoms with Gasteiger partial charge in [-0.3, -0.25) is 24.0 Å². The van der Waals surface area contributed by atoms with E-state index in [1.165, 1.54) is 18.7 Å². The predicted octanol–water partition coefficient (Wildman–Crippen LogP) is -0.622. The summed E-state index contributed by atoms with van der Waals surface area (Å²) in [4.78, 5) is 60.6. The normalized spacial score (nSPS) is 18.1. The van der Waals surface area contributed by atoms with Crippen LogP contribution in [0.3, 0.4) is 0 Å². The lowest BCUT2D eigenvalue weighted by Crippen LogP contribution is -2.55. The molecule has 1 heterocycles. The summed E-state index contributed by atoms with van der Waals surface area (Å²) in [6, 6.07) is -2.24. The molecular weight excluding hydrogens is 368 g/mol. The molecule has 10 heteroatoms. The second kappa shape index (κ2) is 11.3. The molecular formula is C18H30N4O6. The number of carboxylic acids is 1. The molecule has 0 aliphatic carbocycles. The number of likely N-dealkylation sites (N-methyl/N-ethyl adjacent to an activating group) is 1. The summed E-state index contributed by atoms with van der Waals surface area (Å²) in [7, 11) is 0. The van der Waals surface area contributed by atoms with E-state index in [-0.39, 0.29) is 31.1 Å². The number of carbonyl (C=O) groups is 5. The van der Waals surface area contributed by atoms with Crippen molar-refractivity contribution < 1.29 is 29.1 Å². The van der Waals surface area contributed by atoms with Crippen molar-refractivity contribution in [3.05, 3.63) is 0 Å². The van der Waals surface area contributed by atoms with Crippen LogP contribution in [0.2, 0.25) is 0 Å². The average molecular weight is 398 g/mol. The van der Waals surface area contributed by atoms with Crippen molar-refractivity contribution in [2.45, 2.75) is 71.0 Å². The number of amides is 4. The third-order valence-electron chi connectivity index (χ3n) is 4.48. The maximum absolute atomic E-state index is 12.6. The van der Waals surface area contributed by atoms with E-state index < -0.39 is 35.9 Å².